The van der Waals surface area contributed by atoms with Gasteiger partial charge in [0.1, 0.15) is 12.3 Å². The molecule has 2 fully saturated rings. The number of methoxy groups -OCH3 is 1. The van der Waals surface area contributed by atoms with Crippen molar-refractivity contribution >= 4 is 11.8 Å². The summed E-state index contributed by atoms with van der Waals surface area (Å²) >= 11 is 0. The van der Waals surface area contributed by atoms with Crippen molar-refractivity contribution in [3.8, 4) is 16.9 Å². The zero-order valence-electron chi connectivity index (χ0n) is 18.4. The number of fused-ring (bicyclic) bond motifs is 1. The molecule has 3 aromatic carbocycles. The van der Waals surface area contributed by atoms with E-state index in [9.17, 15) is 14.7 Å². The van der Waals surface area contributed by atoms with Crippen LogP contribution >= 0.6 is 0 Å². The number of amides is 2. The van der Waals surface area contributed by atoms with Crippen LogP contribution in [0.15, 0.2) is 78.9 Å². The van der Waals surface area contributed by atoms with Crippen molar-refractivity contribution in [1.29, 1.82) is 0 Å². The van der Waals surface area contributed by atoms with E-state index < -0.39 is 0 Å². The molecule has 2 aliphatic heterocycles. The lowest BCUT2D eigenvalue weighted by Crippen LogP contribution is -2.73. The molecule has 6 nitrogen and oxygen atoms in total. The van der Waals surface area contributed by atoms with Crippen LogP contribution in [0.2, 0.25) is 0 Å². The number of carbonyl (C=O) groups is 2. The Kier molecular flexibility index (Phi) is 5.60. The van der Waals surface area contributed by atoms with Gasteiger partial charge in [-0.1, -0.05) is 54.6 Å². The van der Waals surface area contributed by atoms with Gasteiger partial charge in [-0.05, 0) is 41.0 Å². The summed E-state index contributed by atoms with van der Waals surface area (Å²) in [5.74, 6) is 0.549. The molecule has 2 heterocycles. The first-order chi connectivity index (χ1) is 16.1. The highest BCUT2D eigenvalue weighted by molar-refractivity contribution is 5.97. The maximum absolute atomic E-state index is 13.0. The molecule has 33 heavy (non-hydrogen) atoms. The highest BCUT2D eigenvalue weighted by Crippen LogP contribution is 2.43. The molecule has 2 amide bonds. The number of benzene rings is 3. The number of piperazine rings is 1. The average molecular weight is 443 g/mol. The SMILES string of the molecule is COc1ccc(-c2ccc([C@H]3[C@H](CO)N4C(=O)CN(C(=O)c5ccccc5)C[C@@H]34)cc2)cc1. The lowest BCUT2D eigenvalue weighted by Gasteiger charge is -2.58. The van der Waals surface area contributed by atoms with Crippen LogP contribution in [-0.4, -0.2) is 65.6 Å². The molecule has 0 unspecified atom stereocenters. The van der Waals surface area contributed by atoms with E-state index in [4.69, 9.17) is 4.74 Å². The minimum Gasteiger partial charge on any atom is -0.497 e. The molecular weight excluding hydrogens is 416 g/mol. The number of carbonyl (C=O) groups excluding carboxylic acids is 2. The van der Waals surface area contributed by atoms with E-state index in [1.807, 2.05) is 42.5 Å². The smallest absolute Gasteiger partial charge is 0.254 e. The third-order valence-corrected chi connectivity index (χ3v) is 6.78. The van der Waals surface area contributed by atoms with Crippen molar-refractivity contribution in [1.82, 2.24) is 9.80 Å². The lowest BCUT2D eigenvalue weighted by molar-refractivity contribution is -0.159. The molecule has 6 heteroatoms. The van der Waals surface area contributed by atoms with Crippen LogP contribution in [0.3, 0.4) is 0 Å². The molecule has 0 aromatic heterocycles. The minimum absolute atomic E-state index is 0.0183. The Balaban J connectivity index is 1.37. The van der Waals surface area contributed by atoms with Crippen molar-refractivity contribution < 1.29 is 19.4 Å². The van der Waals surface area contributed by atoms with Crippen LogP contribution in [0.1, 0.15) is 21.8 Å². The normalized spacial score (nSPS) is 21.9. The Morgan fingerprint density at radius 3 is 2.21 bits per heavy atom. The predicted molar refractivity (Wildman–Crippen MR) is 125 cm³/mol. The topological polar surface area (TPSA) is 70.1 Å². The first kappa shape index (κ1) is 21.2. The zero-order chi connectivity index (χ0) is 22.9. The fourth-order valence-electron chi connectivity index (χ4n) is 5.10. The van der Waals surface area contributed by atoms with E-state index in [0.29, 0.717) is 12.1 Å². The van der Waals surface area contributed by atoms with Crippen LogP contribution in [0.4, 0.5) is 0 Å². The van der Waals surface area contributed by atoms with Gasteiger partial charge in [-0.2, -0.15) is 0 Å². The molecule has 0 aliphatic carbocycles. The molecule has 2 aliphatic rings. The minimum atomic E-state index is -0.261. The fraction of sp³-hybridized carbons (Fsp3) is 0.259. The van der Waals surface area contributed by atoms with Crippen molar-refractivity contribution in [2.75, 3.05) is 26.8 Å². The first-order valence-corrected chi connectivity index (χ1v) is 11.1. The Hall–Kier alpha value is -3.64. The summed E-state index contributed by atoms with van der Waals surface area (Å²) < 4.78 is 5.23. The zero-order valence-corrected chi connectivity index (χ0v) is 18.4. The second-order valence-electron chi connectivity index (χ2n) is 8.55. The van der Waals surface area contributed by atoms with Gasteiger partial charge in [0.25, 0.3) is 5.91 Å². The number of rotatable bonds is 5. The quantitative estimate of drug-likeness (QED) is 0.659. The van der Waals surface area contributed by atoms with Gasteiger partial charge >= 0.3 is 0 Å². The molecule has 5 rings (SSSR count). The molecule has 3 aromatic rings. The van der Waals surface area contributed by atoms with E-state index in [1.165, 1.54) is 0 Å². The highest BCUT2D eigenvalue weighted by atomic mass is 16.5. The molecule has 3 atom stereocenters. The summed E-state index contributed by atoms with van der Waals surface area (Å²) in [5.41, 5.74) is 3.81. The molecule has 0 bridgehead atoms. The van der Waals surface area contributed by atoms with Crippen molar-refractivity contribution in [3.63, 3.8) is 0 Å². The highest BCUT2D eigenvalue weighted by Gasteiger charge is 2.54. The number of nitrogens with zero attached hydrogens (tertiary/aromatic N) is 2. The summed E-state index contributed by atoms with van der Waals surface area (Å²) in [6, 6.07) is 24.8. The number of hydrogen-bond donors (Lipinski definition) is 1. The van der Waals surface area contributed by atoms with E-state index in [1.54, 1.807) is 29.0 Å². The maximum atomic E-state index is 13.0. The molecule has 2 saturated heterocycles. The largest absolute Gasteiger partial charge is 0.497 e. The molecular formula is C27H26N2O4. The molecule has 0 radical (unpaired) electrons. The van der Waals surface area contributed by atoms with Crippen LogP contribution < -0.4 is 4.74 Å². The molecule has 168 valence electrons. The average Bonchev–Trinajstić information content (AvgIpc) is 2.86. The Morgan fingerprint density at radius 2 is 1.61 bits per heavy atom. The second kappa shape index (κ2) is 8.71. The summed E-state index contributed by atoms with van der Waals surface area (Å²) in [6.45, 7) is 0.407. The third kappa shape index (κ3) is 3.76. The van der Waals surface area contributed by atoms with E-state index >= 15 is 0 Å². The van der Waals surface area contributed by atoms with Crippen molar-refractivity contribution in [3.05, 3.63) is 90.0 Å². The monoisotopic (exact) mass is 442 g/mol. The summed E-state index contributed by atoms with van der Waals surface area (Å²) in [4.78, 5) is 29.2. The van der Waals surface area contributed by atoms with E-state index in [2.05, 4.69) is 24.3 Å². The Bertz CT molecular complexity index is 1150. The predicted octanol–water partition coefficient (Wildman–Crippen LogP) is 3.17. The molecule has 0 saturated carbocycles. The number of ether oxygens (including phenoxy) is 1. The van der Waals surface area contributed by atoms with Crippen LogP contribution in [-0.2, 0) is 4.79 Å². The van der Waals surface area contributed by atoms with Gasteiger partial charge in [0.05, 0.1) is 25.8 Å². The Morgan fingerprint density at radius 1 is 0.970 bits per heavy atom. The van der Waals surface area contributed by atoms with Crippen LogP contribution in [0.25, 0.3) is 11.1 Å². The summed E-state index contributed by atoms with van der Waals surface area (Å²) in [5, 5.41) is 10.0. The molecule has 1 N–H and O–H groups in total. The van der Waals surface area contributed by atoms with Gasteiger partial charge in [0, 0.05) is 18.0 Å². The summed E-state index contributed by atoms with van der Waals surface area (Å²) in [6.07, 6.45) is 0. The van der Waals surface area contributed by atoms with Crippen LogP contribution in [0.5, 0.6) is 5.75 Å². The van der Waals surface area contributed by atoms with Gasteiger partial charge in [0.2, 0.25) is 5.91 Å². The summed E-state index contributed by atoms with van der Waals surface area (Å²) in [7, 11) is 1.65. The standard InChI is InChI=1S/C27H26N2O4/c1-33-22-13-11-19(12-14-22)18-7-9-20(10-8-18)26-23-15-28(16-25(31)29(23)24(26)17-30)27(32)21-5-3-2-4-6-21/h2-14,23-24,26,30H,15-17H2,1H3/t23-,24-,26+/m0/s1. The second-order valence-corrected chi connectivity index (χ2v) is 8.55. The first-order valence-electron chi connectivity index (χ1n) is 11.1. The Labute approximate surface area is 193 Å². The van der Waals surface area contributed by atoms with Gasteiger partial charge < -0.3 is 19.6 Å². The van der Waals surface area contributed by atoms with Crippen LogP contribution in [0, 0.1) is 0 Å². The third-order valence-electron chi connectivity index (χ3n) is 6.78. The van der Waals surface area contributed by atoms with Crippen molar-refractivity contribution in [2.24, 2.45) is 0 Å². The van der Waals surface area contributed by atoms with Gasteiger partial charge in [0.15, 0.2) is 0 Å². The van der Waals surface area contributed by atoms with E-state index in [0.717, 1.165) is 22.4 Å². The molecule has 0 spiro atoms. The van der Waals surface area contributed by atoms with Gasteiger partial charge in [-0.25, -0.2) is 0 Å². The maximum Gasteiger partial charge on any atom is 0.254 e. The van der Waals surface area contributed by atoms with E-state index in [-0.39, 0.29) is 43.0 Å². The fourth-order valence-corrected chi connectivity index (χ4v) is 5.10. The number of hydrogen-bond acceptors (Lipinski definition) is 4. The van der Waals surface area contributed by atoms with Crippen molar-refractivity contribution in [2.45, 2.75) is 18.0 Å². The van der Waals surface area contributed by atoms with Gasteiger partial charge in [-0.3, -0.25) is 9.59 Å². The van der Waals surface area contributed by atoms with Gasteiger partial charge in [-0.15, -0.1) is 0 Å². The number of aliphatic hydroxyl groups is 1. The lowest BCUT2D eigenvalue weighted by atomic mass is 9.73. The number of aliphatic hydroxyl groups excluding tert-OH is 1.